The van der Waals surface area contributed by atoms with Gasteiger partial charge in [0, 0.05) is 6.42 Å². The van der Waals surface area contributed by atoms with Crippen LogP contribution in [0, 0.1) is 5.92 Å². The highest BCUT2D eigenvalue weighted by atomic mass is 16.5. The smallest absolute Gasteiger partial charge is 0.305 e. The van der Waals surface area contributed by atoms with Crippen molar-refractivity contribution in [1.82, 2.24) is 4.90 Å². The van der Waals surface area contributed by atoms with Gasteiger partial charge in [-0.25, -0.2) is 0 Å². The first kappa shape index (κ1) is 49.4. The fraction of sp³-hybridized carbons (Fsp3) is 0.978. The van der Waals surface area contributed by atoms with E-state index in [1.807, 2.05) is 0 Å². The van der Waals surface area contributed by atoms with Crippen molar-refractivity contribution in [3.05, 3.63) is 0 Å². The number of nitrogens with two attached hydrogens (primary N) is 1. The predicted octanol–water partition coefficient (Wildman–Crippen LogP) is 14.5. The van der Waals surface area contributed by atoms with Crippen LogP contribution in [-0.2, 0) is 9.53 Å². The van der Waals surface area contributed by atoms with Crippen LogP contribution in [0.3, 0.4) is 0 Å². The van der Waals surface area contributed by atoms with Gasteiger partial charge in [0.05, 0.1) is 6.61 Å². The average Bonchev–Trinajstić information content (AvgIpc) is 3.12. The molecule has 0 saturated heterocycles. The molecule has 0 aliphatic heterocycles. The summed E-state index contributed by atoms with van der Waals surface area (Å²) in [6.07, 6.45) is 47.9. The van der Waals surface area contributed by atoms with E-state index in [9.17, 15) is 4.79 Å². The zero-order valence-corrected chi connectivity index (χ0v) is 34.9. The first-order chi connectivity index (χ1) is 24.7. The Labute approximate surface area is 316 Å². The quantitative estimate of drug-likeness (QED) is 0.0506. The molecule has 0 aromatic carbocycles. The van der Waals surface area contributed by atoms with Gasteiger partial charge in [-0.2, -0.15) is 0 Å². The number of ether oxygens (including phenoxy) is 1. The molecule has 0 aliphatic rings. The molecule has 0 aromatic rings. The minimum absolute atomic E-state index is 0.0146. The van der Waals surface area contributed by atoms with E-state index in [4.69, 9.17) is 10.5 Å². The second-order valence-corrected chi connectivity index (χ2v) is 16.1. The fourth-order valence-electron chi connectivity index (χ4n) is 7.60. The van der Waals surface area contributed by atoms with Crippen molar-refractivity contribution in [3.63, 3.8) is 0 Å². The molecule has 0 saturated carbocycles. The van der Waals surface area contributed by atoms with Crippen LogP contribution >= 0.6 is 0 Å². The lowest BCUT2D eigenvalue weighted by atomic mass is 9.89. The Morgan fingerprint density at radius 3 is 1.20 bits per heavy atom. The Bertz CT molecular complexity index is 626. The van der Waals surface area contributed by atoms with E-state index >= 15 is 0 Å². The Morgan fingerprint density at radius 2 is 0.780 bits per heavy atom. The Kier molecular flexibility index (Phi) is 42.3. The molecule has 0 heterocycles. The van der Waals surface area contributed by atoms with Crippen molar-refractivity contribution in [3.8, 4) is 0 Å². The van der Waals surface area contributed by atoms with Gasteiger partial charge in [-0.15, -0.1) is 0 Å². The summed E-state index contributed by atoms with van der Waals surface area (Å²) in [6.45, 7) is 12.1. The van der Waals surface area contributed by atoms with Crippen LogP contribution in [0.5, 0.6) is 0 Å². The lowest BCUT2D eigenvalue weighted by molar-refractivity contribution is -0.143. The predicted molar refractivity (Wildman–Crippen MR) is 223 cm³/mol. The van der Waals surface area contributed by atoms with Gasteiger partial charge >= 0.3 is 5.97 Å². The molecule has 50 heavy (non-hydrogen) atoms. The second-order valence-electron chi connectivity index (χ2n) is 16.1. The standard InChI is InChI=1S/C46H94N2O2/c1-4-7-10-13-16-25-35-44-50-46(49)39-30-22-18-24-33-42-48(43-34-26-31-40-47)41-32-23-17-21-29-38-45(36-27-19-14-11-8-5-2)37-28-20-15-12-9-6-3/h45H,4-44,47H2,1-3H3. The van der Waals surface area contributed by atoms with Gasteiger partial charge in [0.2, 0.25) is 0 Å². The zero-order valence-electron chi connectivity index (χ0n) is 34.9. The van der Waals surface area contributed by atoms with Gasteiger partial charge in [0.25, 0.3) is 0 Å². The molecule has 0 spiro atoms. The highest BCUT2D eigenvalue weighted by Gasteiger charge is 2.10. The van der Waals surface area contributed by atoms with Gasteiger partial charge in [-0.1, -0.05) is 207 Å². The second kappa shape index (κ2) is 42.8. The maximum atomic E-state index is 12.1. The fourth-order valence-corrected chi connectivity index (χ4v) is 7.60. The summed E-state index contributed by atoms with van der Waals surface area (Å²) in [5, 5.41) is 0. The van der Waals surface area contributed by atoms with Crippen molar-refractivity contribution in [2.45, 2.75) is 252 Å². The molecule has 0 atom stereocenters. The number of rotatable bonds is 43. The molecule has 0 amide bonds. The van der Waals surface area contributed by atoms with Gasteiger partial charge in [0.15, 0.2) is 0 Å². The summed E-state index contributed by atoms with van der Waals surface area (Å²) >= 11 is 0. The van der Waals surface area contributed by atoms with Crippen molar-refractivity contribution in [2.75, 3.05) is 32.8 Å². The lowest BCUT2D eigenvalue weighted by Crippen LogP contribution is -2.27. The Hall–Kier alpha value is -0.610. The summed E-state index contributed by atoms with van der Waals surface area (Å²) < 4.78 is 5.46. The minimum atomic E-state index is 0.0146. The maximum absolute atomic E-state index is 12.1. The minimum Gasteiger partial charge on any atom is -0.466 e. The normalized spacial score (nSPS) is 11.7. The van der Waals surface area contributed by atoms with Crippen molar-refractivity contribution >= 4 is 5.97 Å². The highest BCUT2D eigenvalue weighted by molar-refractivity contribution is 5.69. The lowest BCUT2D eigenvalue weighted by Gasteiger charge is -2.22. The topological polar surface area (TPSA) is 55.6 Å². The van der Waals surface area contributed by atoms with E-state index in [1.165, 1.54) is 219 Å². The van der Waals surface area contributed by atoms with Crippen LogP contribution in [0.1, 0.15) is 252 Å². The van der Waals surface area contributed by atoms with E-state index in [0.29, 0.717) is 13.0 Å². The molecule has 0 fully saturated rings. The number of hydrogen-bond acceptors (Lipinski definition) is 4. The number of carbonyl (C=O) groups excluding carboxylic acids is 1. The first-order valence-electron chi connectivity index (χ1n) is 23.3. The van der Waals surface area contributed by atoms with Gasteiger partial charge in [-0.3, -0.25) is 4.79 Å². The van der Waals surface area contributed by atoms with Crippen molar-refractivity contribution < 1.29 is 9.53 Å². The highest BCUT2D eigenvalue weighted by Crippen LogP contribution is 2.25. The number of nitrogens with zero attached hydrogens (tertiary/aromatic N) is 1. The van der Waals surface area contributed by atoms with Crippen LogP contribution < -0.4 is 5.73 Å². The SMILES string of the molecule is CCCCCCCCCOC(=O)CCCCCCCN(CCCCCN)CCCCCCCC(CCCCCCCC)CCCCCCCC. The van der Waals surface area contributed by atoms with Crippen LogP contribution in [0.2, 0.25) is 0 Å². The Morgan fingerprint density at radius 1 is 0.440 bits per heavy atom. The summed E-state index contributed by atoms with van der Waals surface area (Å²) in [7, 11) is 0. The molecule has 0 bridgehead atoms. The molecular formula is C46H94N2O2. The zero-order chi connectivity index (χ0) is 36.4. The molecule has 4 nitrogen and oxygen atoms in total. The molecule has 0 unspecified atom stereocenters. The summed E-state index contributed by atoms with van der Waals surface area (Å²) in [6, 6.07) is 0. The molecule has 0 radical (unpaired) electrons. The molecule has 0 aliphatic carbocycles. The van der Waals surface area contributed by atoms with Crippen LogP contribution in [0.4, 0.5) is 0 Å². The number of esters is 1. The first-order valence-corrected chi connectivity index (χ1v) is 23.3. The van der Waals surface area contributed by atoms with Crippen molar-refractivity contribution in [2.24, 2.45) is 11.7 Å². The van der Waals surface area contributed by atoms with E-state index in [1.54, 1.807) is 0 Å². The van der Waals surface area contributed by atoms with Gasteiger partial charge in [0.1, 0.15) is 0 Å². The molecular weight excluding hydrogens is 613 g/mol. The van der Waals surface area contributed by atoms with Gasteiger partial charge in [-0.05, 0) is 70.6 Å². The number of carbonyl (C=O) groups is 1. The summed E-state index contributed by atoms with van der Waals surface area (Å²) in [5.74, 6) is 1.01. The molecule has 0 rings (SSSR count). The largest absolute Gasteiger partial charge is 0.466 e. The molecule has 300 valence electrons. The third kappa shape index (κ3) is 38.6. The van der Waals surface area contributed by atoms with E-state index in [0.717, 1.165) is 38.1 Å². The van der Waals surface area contributed by atoms with E-state index in [-0.39, 0.29) is 5.97 Å². The molecule has 0 aromatic heterocycles. The maximum Gasteiger partial charge on any atom is 0.305 e. The van der Waals surface area contributed by atoms with E-state index in [2.05, 4.69) is 25.7 Å². The van der Waals surface area contributed by atoms with E-state index < -0.39 is 0 Å². The average molecular weight is 707 g/mol. The molecule has 4 heteroatoms. The summed E-state index contributed by atoms with van der Waals surface area (Å²) in [4.78, 5) is 14.8. The monoisotopic (exact) mass is 707 g/mol. The van der Waals surface area contributed by atoms with Crippen molar-refractivity contribution in [1.29, 1.82) is 0 Å². The Balaban J connectivity index is 4.12. The van der Waals surface area contributed by atoms with Crippen LogP contribution in [0.15, 0.2) is 0 Å². The van der Waals surface area contributed by atoms with Crippen LogP contribution in [-0.4, -0.2) is 43.7 Å². The van der Waals surface area contributed by atoms with Gasteiger partial charge < -0.3 is 15.4 Å². The number of unbranched alkanes of at least 4 members (excludes halogenated alkanes) is 26. The molecule has 2 N–H and O–H groups in total. The number of hydrogen-bond donors (Lipinski definition) is 1. The third-order valence-electron chi connectivity index (χ3n) is 11.1. The summed E-state index contributed by atoms with van der Waals surface area (Å²) in [5.41, 5.74) is 5.76. The van der Waals surface area contributed by atoms with Crippen LogP contribution in [0.25, 0.3) is 0 Å². The third-order valence-corrected chi connectivity index (χ3v) is 11.1.